The lowest BCUT2D eigenvalue weighted by molar-refractivity contribution is -0.274. The van der Waals surface area contributed by atoms with Crippen LogP contribution in [0.3, 0.4) is 0 Å². The molecule has 1 aliphatic rings. The summed E-state index contributed by atoms with van der Waals surface area (Å²) in [5.74, 6) is 0.0678. The van der Waals surface area contributed by atoms with E-state index >= 15 is 0 Å². The van der Waals surface area contributed by atoms with Gasteiger partial charge in [0, 0.05) is 26.1 Å². The molecule has 0 radical (unpaired) electrons. The largest absolute Gasteiger partial charge is 0.573 e. The lowest BCUT2D eigenvalue weighted by Gasteiger charge is -2.09. The van der Waals surface area contributed by atoms with Crippen molar-refractivity contribution in [3.05, 3.63) is 29.8 Å². The third kappa shape index (κ3) is 4.85. The normalized spacial score (nSPS) is 19.1. The quantitative estimate of drug-likeness (QED) is 0.835. The van der Waals surface area contributed by atoms with Gasteiger partial charge < -0.3 is 9.47 Å². The SMILES string of the molecule is O=C(Cc1ccc(OC(F)(F)F)cc1)CC1CCOC1. The van der Waals surface area contributed by atoms with Gasteiger partial charge in [-0.15, -0.1) is 13.2 Å². The molecule has 1 unspecified atom stereocenters. The zero-order chi connectivity index (χ0) is 14.6. The van der Waals surface area contributed by atoms with E-state index in [0.29, 0.717) is 25.2 Å². The third-order valence-electron chi connectivity index (χ3n) is 3.10. The van der Waals surface area contributed by atoms with Gasteiger partial charge >= 0.3 is 6.36 Å². The van der Waals surface area contributed by atoms with Crippen LogP contribution in [0.1, 0.15) is 18.4 Å². The summed E-state index contributed by atoms with van der Waals surface area (Å²) in [6.07, 6.45) is -3.12. The van der Waals surface area contributed by atoms with Crippen molar-refractivity contribution < 1.29 is 27.4 Å². The molecule has 0 saturated carbocycles. The van der Waals surface area contributed by atoms with Crippen molar-refractivity contribution in [3.8, 4) is 5.75 Å². The van der Waals surface area contributed by atoms with Crippen LogP contribution < -0.4 is 4.74 Å². The van der Waals surface area contributed by atoms with E-state index in [2.05, 4.69) is 4.74 Å². The van der Waals surface area contributed by atoms with Gasteiger partial charge in [0.15, 0.2) is 0 Å². The molecule has 0 amide bonds. The summed E-state index contributed by atoms with van der Waals surface area (Å²) >= 11 is 0. The van der Waals surface area contributed by atoms with Crippen molar-refractivity contribution in [2.45, 2.75) is 25.6 Å². The standard InChI is InChI=1S/C14H15F3O3/c15-14(16,17)20-13-3-1-10(2-4-13)7-12(18)8-11-5-6-19-9-11/h1-4,11H,5-9H2. The zero-order valence-corrected chi connectivity index (χ0v) is 10.8. The molecule has 1 fully saturated rings. The van der Waals surface area contributed by atoms with E-state index in [4.69, 9.17) is 4.74 Å². The van der Waals surface area contributed by atoms with Gasteiger partial charge in [0.2, 0.25) is 0 Å². The van der Waals surface area contributed by atoms with Crippen LogP contribution in [0.25, 0.3) is 0 Å². The summed E-state index contributed by atoms with van der Waals surface area (Å²) < 4.78 is 44.9. The molecule has 1 heterocycles. The topological polar surface area (TPSA) is 35.5 Å². The molecule has 0 bridgehead atoms. The number of halogens is 3. The number of benzene rings is 1. The number of carbonyl (C=O) groups is 1. The van der Waals surface area contributed by atoms with Crippen LogP contribution in [-0.2, 0) is 16.0 Å². The maximum atomic E-state index is 12.0. The average Bonchev–Trinajstić information content (AvgIpc) is 2.82. The molecule has 1 atom stereocenters. The minimum atomic E-state index is -4.69. The number of hydrogen-bond acceptors (Lipinski definition) is 3. The Bertz CT molecular complexity index is 448. The molecule has 1 aromatic carbocycles. The number of ketones is 1. The van der Waals surface area contributed by atoms with Gasteiger partial charge in [0.05, 0.1) is 0 Å². The molecule has 2 rings (SSSR count). The second kappa shape index (κ2) is 6.26. The molecule has 3 nitrogen and oxygen atoms in total. The van der Waals surface area contributed by atoms with Crippen LogP contribution >= 0.6 is 0 Å². The fourth-order valence-electron chi connectivity index (χ4n) is 2.18. The number of alkyl halides is 3. The van der Waals surface area contributed by atoms with Crippen LogP contribution in [0.15, 0.2) is 24.3 Å². The third-order valence-corrected chi connectivity index (χ3v) is 3.10. The molecule has 0 aromatic heterocycles. The maximum Gasteiger partial charge on any atom is 0.573 e. The lowest BCUT2D eigenvalue weighted by atomic mass is 9.98. The van der Waals surface area contributed by atoms with E-state index in [1.165, 1.54) is 24.3 Å². The number of hydrogen-bond donors (Lipinski definition) is 0. The van der Waals surface area contributed by atoms with E-state index in [9.17, 15) is 18.0 Å². The number of rotatable bonds is 5. The Morgan fingerprint density at radius 3 is 2.55 bits per heavy atom. The van der Waals surface area contributed by atoms with Crippen LogP contribution in [0, 0.1) is 5.92 Å². The Hall–Kier alpha value is -1.56. The summed E-state index contributed by atoms with van der Waals surface area (Å²) in [5, 5.41) is 0. The first kappa shape index (κ1) is 14.8. The lowest BCUT2D eigenvalue weighted by Crippen LogP contribution is -2.17. The Balaban J connectivity index is 1.85. The summed E-state index contributed by atoms with van der Waals surface area (Å²) in [6.45, 7) is 1.31. The molecule has 0 N–H and O–H groups in total. The minimum absolute atomic E-state index is 0.0741. The van der Waals surface area contributed by atoms with Gasteiger partial charge in [-0.25, -0.2) is 0 Å². The Morgan fingerprint density at radius 1 is 1.30 bits per heavy atom. The van der Waals surface area contributed by atoms with Crippen LogP contribution in [0.5, 0.6) is 5.75 Å². The van der Waals surface area contributed by atoms with Gasteiger partial charge in [-0.2, -0.15) is 0 Å². The first-order valence-corrected chi connectivity index (χ1v) is 6.36. The molecule has 20 heavy (non-hydrogen) atoms. The Labute approximate surface area is 114 Å². The van der Waals surface area contributed by atoms with Crippen molar-refractivity contribution in [3.63, 3.8) is 0 Å². The Kier molecular flexibility index (Phi) is 4.65. The van der Waals surface area contributed by atoms with Crippen molar-refractivity contribution >= 4 is 5.78 Å². The predicted molar refractivity (Wildman–Crippen MR) is 65.4 cm³/mol. The molecule has 1 aromatic rings. The van der Waals surface area contributed by atoms with Gasteiger partial charge in [-0.05, 0) is 30.0 Å². The first-order chi connectivity index (χ1) is 9.42. The van der Waals surface area contributed by atoms with E-state index in [0.717, 1.165) is 6.42 Å². The molecule has 6 heteroatoms. The molecular weight excluding hydrogens is 273 g/mol. The minimum Gasteiger partial charge on any atom is -0.406 e. The second-order valence-corrected chi connectivity index (χ2v) is 4.84. The zero-order valence-electron chi connectivity index (χ0n) is 10.8. The molecule has 1 aliphatic heterocycles. The summed E-state index contributed by atoms with van der Waals surface area (Å²) in [6, 6.07) is 5.39. The Morgan fingerprint density at radius 2 is 2.00 bits per heavy atom. The van der Waals surface area contributed by atoms with Gasteiger partial charge in [0.25, 0.3) is 0 Å². The molecule has 110 valence electrons. The highest BCUT2D eigenvalue weighted by atomic mass is 19.4. The summed E-state index contributed by atoms with van der Waals surface area (Å²) in [5.41, 5.74) is 0.684. The first-order valence-electron chi connectivity index (χ1n) is 6.36. The highest BCUT2D eigenvalue weighted by Gasteiger charge is 2.31. The van der Waals surface area contributed by atoms with Crippen molar-refractivity contribution in [1.82, 2.24) is 0 Å². The summed E-state index contributed by atoms with van der Waals surface area (Å²) in [7, 11) is 0. The highest BCUT2D eigenvalue weighted by molar-refractivity contribution is 5.81. The fourth-order valence-corrected chi connectivity index (χ4v) is 2.18. The van der Waals surface area contributed by atoms with E-state index in [1.54, 1.807) is 0 Å². The van der Waals surface area contributed by atoms with Crippen LogP contribution in [-0.4, -0.2) is 25.4 Å². The number of carbonyl (C=O) groups excluding carboxylic acids is 1. The number of ether oxygens (including phenoxy) is 2. The molecule has 1 saturated heterocycles. The van der Waals surface area contributed by atoms with E-state index in [1.807, 2.05) is 0 Å². The fraction of sp³-hybridized carbons (Fsp3) is 0.500. The maximum absolute atomic E-state index is 12.0. The summed E-state index contributed by atoms with van der Waals surface area (Å²) in [4.78, 5) is 11.8. The van der Waals surface area contributed by atoms with Crippen molar-refractivity contribution in [2.75, 3.05) is 13.2 Å². The predicted octanol–water partition coefficient (Wildman–Crippen LogP) is 3.12. The monoisotopic (exact) mass is 288 g/mol. The van der Waals surface area contributed by atoms with Gasteiger partial charge in [-0.1, -0.05) is 12.1 Å². The van der Waals surface area contributed by atoms with Gasteiger partial charge in [0.1, 0.15) is 11.5 Å². The van der Waals surface area contributed by atoms with Crippen molar-refractivity contribution in [1.29, 1.82) is 0 Å². The van der Waals surface area contributed by atoms with E-state index < -0.39 is 6.36 Å². The van der Waals surface area contributed by atoms with Crippen LogP contribution in [0.2, 0.25) is 0 Å². The van der Waals surface area contributed by atoms with Crippen molar-refractivity contribution in [2.24, 2.45) is 5.92 Å². The molecule has 0 spiro atoms. The average molecular weight is 288 g/mol. The smallest absolute Gasteiger partial charge is 0.406 e. The van der Waals surface area contributed by atoms with E-state index in [-0.39, 0.29) is 23.9 Å². The van der Waals surface area contributed by atoms with Crippen LogP contribution in [0.4, 0.5) is 13.2 Å². The molecule has 0 aliphatic carbocycles. The van der Waals surface area contributed by atoms with Gasteiger partial charge in [-0.3, -0.25) is 4.79 Å². The highest BCUT2D eigenvalue weighted by Crippen LogP contribution is 2.23. The second-order valence-electron chi connectivity index (χ2n) is 4.84. The number of Topliss-reactive ketones (excluding diaryl/α,β-unsaturated/α-hetero) is 1. The molecular formula is C14H15F3O3.